The lowest BCUT2D eigenvalue weighted by Gasteiger charge is -2.40. The Morgan fingerprint density at radius 2 is 1.84 bits per heavy atom. The minimum atomic E-state index is -1.21. The Labute approximate surface area is 270 Å². The highest BCUT2D eigenvalue weighted by Crippen LogP contribution is 2.61. The highest BCUT2D eigenvalue weighted by Gasteiger charge is 2.77. The van der Waals surface area contributed by atoms with Gasteiger partial charge in [-0.15, -0.1) is 13.2 Å². The molecule has 3 heterocycles. The summed E-state index contributed by atoms with van der Waals surface area (Å²) in [5, 5.41) is 10.5. The molecule has 0 aromatic heterocycles. The number of nitrogens with zero attached hydrogens (tertiary/aromatic N) is 3. The van der Waals surface area contributed by atoms with Gasteiger partial charge in [0, 0.05) is 30.1 Å². The van der Waals surface area contributed by atoms with E-state index in [9.17, 15) is 19.5 Å². The molecule has 0 radical (unpaired) electrons. The molecule has 242 valence electrons. The van der Waals surface area contributed by atoms with Crippen molar-refractivity contribution in [3.8, 4) is 5.75 Å². The number of aliphatic hydroxyl groups excluding tert-OH is 1. The smallest absolute Gasteiger partial charge is 0.248 e. The Kier molecular flexibility index (Phi) is 11.3. The largest absolute Gasteiger partial charge is 0.494 e. The first-order valence-corrected chi connectivity index (χ1v) is 16.8. The molecule has 0 aliphatic carbocycles. The minimum Gasteiger partial charge on any atom is -0.494 e. The lowest BCUT2D eigenvalue weighted by atomic mass is 9.70. The number of halogens is 1. The highest BCUT2D eigenvalue weighted by molar-refractivity contribution is 9.09. The van der Waals surface area contributed by atoms with Crippen LogP contribution in [-0.2, 0) is 19.1 Å². The summed E-state index contributed by atoms with van der Waals surface area (Å²) >= 11 is 3.77. The maximum atomic E-state index is 14.6. The Balaban J connectivity index is 1.78. The van der Waals surface area contributed by atoms with Crippen molar-refractivity contribution in [2.24, 2.45) is 17.8 Å². The van der Waals surface area contributed by atoms with Crippen LogP contribution in [-0.4, -0.2) is 94.1 Å². The van der Waals surface area contributed by atoms with E-state index in [1.54, 1.807) is 26.9 Å². The summed E-state index contributed by atoms with van der Waals surface area (Å²) in [5.74, 6) is -1.92. The molecular weight excluding hydrogens is 626 g/mol. The Hall–Kier alpha value is -2.69. The maximum Gasteiger partial charge on any atom is 0.248 e. The molecule has 3 unspecified atom stereocenters. The van der Waals surface area contributed by atoms with Gasteiger partial charge in [0.15, 0.2) is 0 Å². The minimum absolute atomic E-state index is 0.130. The van der Waals surface area contributed by atoms with Crippen molar-refractivity contribution in [2.45, 2.75) is 82.0 Å². The third-order valence-electron chi connectivity index (χ3n) is 9.29. The number of anilines is 1. The zero-order chi connectivity index (χ0) is 32.2. The van der Waals surface area contributed by atoms with Gasteiger partial charge >= 0.3 is 0 Å². The van der Waals surface area contributed by atoms with Crippen LogP contribution in [0.1, 0.15) is 53.4 Å². The molecule has 7 atom stereocenters. The molecule has 0 saturated carbocycles. The van der Waals surface area contributed by atoms with Gasteiger partial charge in [-0.1, -0.05) is 61.7 Å². The number of carbonyl (C=O) groups is 3. The first kappa shape index (κ1) is 34.2. The van der Waals surface area contributed by atoms with E-state index in [0.29, 0.717) is 37.6 Å². The molecule has 3 aliphatic rings. The zero-order valence-corrected chi connectivity index (χ0v) is 28.1. The number of benzene rings is 1. The van der Waals surface area contributed by atoms with E-state index in [1.165, 1.54) is 0 Å². The van der Waals surface area contributed by atoms with Crippen molar-refractivity contribution in [3.63, 3.8) is 0 Å². The molecule has 1 aromatic carbocycles. The lowest BCUT2D eigenvalue weighted by Crippen LogP contribution is -2.60. The van der Waals surface area contributed by atoms with Crippen LogP contribution in [0.15, 0.2) is 49.6 Å². The fraction of sp³-hybridized carbons (Fsp3) is 0.618. The van der Waals surface area contributed by atoms with Gasteiger partial charge < -0.3 is 29.3 Å². The van der Waals surface area contributed by atoms with E-state index < -0.39 is 35.6 Å². The number of amides is 3. The molecule has 44 heavy (non-hydrogen) atoms. The number of ether oxygens (including phenoxy) is 2. The van der Waals surface area contributed by atoms with Crippen LogP contribution < -0.4 is 9.64 Å². The van der Waals surface area contributed by atoms with Crippen molar-refractivity contribution in [1.82, 2.24) is 9.80 Å². The van der Waals surface area contributed by atoms with Gasteiger partial charge in [-0.3, -0.25) is 14.4 Å². The summed E-state index contributed by atoms with van der Waals surface area (Å²) in [4.78, 5) is 48.4. The molecule has 1 spiro atoms. The first-order valence-electron chi connectivity index (χ1n) is 15.9. The molecule has 4 rings (SSSR count). The van der Waals surface area contributed by atoms with Crippen molar-refractivity contribution in [1.29, 1.82) is 0 Å². The molecule has 1 N–H and O–H groups in total. The monoisotopic (exact) mass is 673 g/mol. The van der Waals surface area contributed by atoms with Gasteiger partial charge in [0.25, 0.3) is 0 Å². The summed E-state index contributed by atoms with van der Waals surface area (Å²) in [5.41, 5.74) is -0.557. The second kappa shape index (κ2) is 14.6. The Bertz CT molecular complexity index is 1210. The molecule has 3 fully saturated rings. The third kappa shape index (κ3) is 6.09. The summed E-state index contributed by atoms with van der Waals surface area (Å²) in [7, 11) is 0. The van der Waals surface area contributed by atoms with Crippen molar-refractivity contribution < 1.29 is 29.0 Å². The van der Waals surface area contributed by atoms with E-state index in [0.717, 1.165) is 19.3 Å². The molecule has 2 bridgehead atoms. The predicted molar refractivity (Wildman–Crippen MR) is 175 cm³/mol. The molecule has 9 nitrogen and oxygen atoms in total. The van der Waals surface area contributed by atoms with Crippen LogP contribution in [0, 0.1) is 17.8 Å². The van der Waals surface area contributed by atoms with Crippen molar-refractivity contribution >= 4 is 39.3 Å². The summed E-state index contributed by atoms with van der Waals surface area (Å²) in [6.45, 7) is 16.9. The van der Waals surface area contributed by atoms with Crippen LogP contribution in [0.2, 0.25) is 0 Å². The predicted octanol–water partition coefficient (Wildman–Crippen LogP) is 4.57. The quantitative estimate of drug-likeness (QED) is 0.157. The number of alkyl halides is 1. The van der Waals surface area contributed by atoms with Gasteiger partial charge in [-0.25, -0.2) is 0 Å². The van der Waals surface area contributed by atoms with E-state index in [4.69, 9.17) is 9.47 Å². The number of rotatable bonds is 16. The number of fused-ring (bicyclic) bond motifs is 1. The van der Waals surface area contributed by atoms with Gasteiger partial charge in [-0.2, -0.15) is 0 Å². The fourth-order valence-corrected chi connectivity index (χ4v) is 8.24. The average Bonchev–Trinajstić information content (AvgIpc) is 3.59. The molecule has 10 heteroatoms. The topological polar surface area (TPSA) is 99.6 Å². The molecular formula is C34H48BrN3O6. The number of aliphatic hydroxyl groups is 1. The van der Waals surface area contributed by atoms with Crippen LogP contribution in [0.5, 0.6) is 5.75 Å². The molecule has 3 aliphatic heterocycles. The summed E-state index contributed by atoms with van der Waals surface area (Å²) in [6, 6.07) is 5.68. The van der Waals surface area contributed by atoms with Crippen LogP contribution in [0.4, 0.5) is 5.69 Å². The number of hydrogen-bond donors (Lipinski definition) is 1. The second-order valence-electron chi connectivity index (χ2n) is 12.3. The third-order valence-corrected chi connectivity index (χ3v) is 10.1. The number of unbranched alkanes of at least 4 members (excludes halogenated alkanes) is 2. The Morgan fingerprint density at radius 3 is 2.41 bits per heavy atom. The SMILES string of the molecule is C=CCN(CCCCC)C(=O)C1N([C@@H](CO)C(C)C)C(=O)[C@@H]2[C@H](C(=O)N(CC=C)c3ccc(OCC)cc3)[C@H]3OC12CC3Br. The normalized spacial score (nSPS) is 27.8. The molecule has 3 amide bonds. The first-order chi connectivity index (χ1) is 21.1. The maximum absolute atomic E-state index is 14.6. The summed E-state index contributed by atoms with van der Waals surface area (Å²) in [6.07, 6.45) is 5.96. The summed E-state index contributed by atoms with van der Waals surface area (Å²) < 4.78 is 12.3. The molecule has 3 saturated heterocycles. The van der Waals surface area contributed by atoms with Gasteiger partial charge in [-0.05, 0) is 49.9 Å². The van der Waals surface area contributed by atoms with Crippen molar-refractivity contribution in [2.75, 3.05) is 37.7 Å². The van der Waals surface area contributed by atoms with Gasteiger partial charge in [0.05, 0.1) is 37.2 Å². The zero-order valence-electron chi connectivity index (χ0n) is 26.5. The van der Waals surface area contributed by atoms with Crippen molar-refractivity contribution in [3.05, 3.63) is 49.6 Å². The number of carbonyl (C=O) groups excluding carboxylic acids is 3. The van der Waals surface area contributed by atoms with Crippen LogP contribution in [0.3, 0.4) is 0 Å². The van der Waals surface area contributed by atoms with E-state index in [-0.39, 0.29) is 41.6 Å². The standard InChI is InChI=1S/C34H48BrN3O6/c1-7-11-12-19-36(17-8-2)33(42)30-34-20-25(35)29(44-34)27(28(34)32(41)38(30)26(21-39)22(5)6)31(40)37(18-9-3)23-13-15-24(16-14-23)43-10-4/h8-9,13-16,22,25-30,39H,2-3,7,10-12,17-21H2,1,4-6H3/t25?,26-,27-,28-,29-,30?,34?/m0/s1. The highest BCUT2D eigenvalue weighted by atomic mass is 79.9. The Morgan fingerprint density at radius 1 is 1.16 bits per heavy atom. The van der Waals surface area contributed by atoms with Gasteiger partial charge in [0.1, 0.15) is 17.4 Å². The van der Waals surface area contributed by atoms with Gasteiger partial charge in [0.2, 0.25) is 17.7 Å². The van der Waals surface area contributed by atoms with E-state index in [2.05, 4.69) is 36.0 Å². The van der Waals surface area contributed by atoms with E-state index >= 15 is 0 Å². The van der Waals surface area contributed by atoms with E-state index in [1.807, 2.05) is 45.0 Å². The average molecular weight is 675 g/mol. The van der Waals surface area contributed by atoms with Crippen LogP contribution in [0.25, 0.3) is 0 Å². The lowest BCUT2D eigenvalue weighted by molar-refractivity contribution is -0.152. The molecule has 1 aromatic rings. The fourth-order valence-electron chi connectivity index (χ4n) is 7.30. The second-order valence-corrected chi connectivity index (χ2v) is 13.5. The number of hydrogen-bond acceptors (Lipinski definition) is 6. The van der Waals surface area contributed by atoms with Crippen LogP contribution >= 0.6 is 15.9 Å². The number of likely N-dealkylation sites (tertiary alicyclic amines) is 1.